The molecule has 0 unspecified atom stereocenters. The first-order chi connectivity index (χ1) is 10.2. The number of nitrogens with zero attached hydrogens (tertiary/aromatic N) is 2. The van der Waals surface area contributed by atoms with Crippen LogP contribution in [0.5, 0.6) is 0 Å². The van der Waals surface area contributed by atoms with Crippen LogP contribution < -0.4 is 5.32 Å². The van der Waals surface area contributed by atoms with E-state index in [-0.39, 0.29) is 10.6 Å². The summed E-state index contributed by atoms with van der Waals surface area (Å²) >= 11 is 0. The second kappa shape index (κ2) is 7.41. The van der Waals surface area contributed by atoms with Crippen LogP contribution in [0.4, 0.5) is 11.4 Å². The Balaban J connectivity index is 2.13. The summed E-state index contributed by atoms with van der Waals surface area (Å²) < 4.78 is 0. The first kappa shape index (κ1) is 15.8. The van der Waals surface area contributed by atoms with Crippen LogP contribution in [-0.4, -0.2) is 29.5 Å². The van der Waals surface area contributed by atoms with E-state index in [1.54, 1.807) is 13.1 Å². The fraction of sp³-hybridized carbons (Fsp3) is 0.625. The van der Waals surface area contributed by atoms with Crippen LogP contribution >= 0.6 is 0 Å². The van der Waals surface area contributed by atoms with E-state index in [2.05, 4.69) is 17.1 Å². The fourth-order valence-electron chi connectivity index (χ4n) is 3.22. The third-order valence-electron chi connectivity index (χ3n) is 4.41. The molecule has 0 aromatic heterocycles. The molecule has 1 fully saturated rings. The molecule has 116 valence electrons. The fourth-order valence-corrected chi connectivity index (χ4v) is 3.22. The van der Waals surface area contributed by atoms with Crippen molar-refractivity contribution in [2.75, 3.05) is 18.9 Å². The molecule has 0 spiro atoms. The van der Waals surface area contributed by atoms with E-state index in [4.69, 9.17) is 0 Å². The van der Waals surface area contributed by atoms with Crippen LogP contribution in [0.3, 0.4) is 0 Å². The Morgan fingerprint density at radius 1 is 1.33 bits per heavy atom. The Morgan fingerprint density at radius 3 is 2.62 bits per heavy atom. The van der Waals surface area contributed by atoms with Crippen molar-refractivity contribution < 1.29 is 4.92 Å². The number of hydrogen-bond acceptors (Lipinski definition) is 4. The number of benzene rings is 1. The standard InChI is InChI=1S/C16H25N3O2/c1-3-18(14-7-5-4-6-8-14)12-13-9-10-15(17-2)16(11-13)19(20)21/h9-11,14,17H,3-8,12H2,1-2H3. The van der Waals surface area contributed by atoms with Gasteiger partial charge >= 0.3 is 0 Å². The van der Waals surface area contributed by atoms with Crippen molar-refractivity contribution in [1.82, 2.24) is 4.90 Å². The molecule has 0 amide bonds. The minimum atomic E-state index is -0.313. The lowest BCUT2D eigenvalue weighted by molar-refractivity contribution is -0.384. The summed E-state index contributed by atoms with van der Waals surface area (Å²) in [5, 5.41) is 14.0. The lowest BCUT2D eigenvalue weighted by Gasteiger charge is -2.33. The highest BCUT2D eigenvalue weighted by atomic mass is 16.6. The van der Waals surface area contributed by atoms with Crippen LogP contribution in [0.1, 0.15) is 44.6 Å². The highest BCUT2D eigenvalue weighted by Gasteiger charge is 2.21. The average molecular weight is 291 g/mol. The van der Waals surface area contributed by atoms with Gasteiger partial charge in [-0.1, -0.05) is 32.3 Å². The number of rotatable bonds is 6. The van der Waals surface area contributed by atoms with Crippen LogP contribution in [0, 0.1) is 10.1 Å². The highest BCUT2D eigenvalue weighted by Crippen LogP contribution is 2.28. The maximum atomic E-state index is 11.1. The Bertz CT molecular complexity index is 484. The van der Waals surface area contributed by atoms with Gasteiger partial charge in [0, 0.05) is 25.7 Å². The summed E-state index contributed by atoms with van der Waals surface area (Å²) in [6.07, 6.45) is 6.46. The van der Waals surface area contributed by atoms with Crippen LogP contribution in [0.2, 0.25) is 0 Å². The Kier molecular flexibility index (Phi) is 5.56. The van der Waals surface area contributed by atoms with Gasteiger partial charge in [-0.05, 0) is 31.0 Å². The Hall–Kier alpha value is -1.62. The van der Waals surface area contributed by atoms with Gasteiger partial charge in [0.15, 0.2) is 0 Å². The van der Waals surface area contributed by atoms with Crippen LogP contribution in [0.15, 0.2) is 18.2 Å². The summed E-state index contributed by atoms with van der Waals surface area (Å²) in [7, 11) is 1.71. The molecule has 2 rings (SSSR count). The van der Waals surface area contributed by atoms with E-state index in [0.717, 1.165) is 18.7 Å². The molecule has 1 saturated carbocycles. The molecule has 0 saturated heterocycles. The molecule has 1 aromatic carbocycles. The zero-order valence-corrected chi connectivity index (χ0v) is 13.0. The van der Waals surface area contributed by atoms with Gasteiger partial charge in [-0.15, -0.1) is 0 Å². The van der Waals surface area contributed by atoms with E-state index in [1.165, 1.54) is 32.1 Å². The van der Waals surface area contributed by atoms with Gasteiger partial charge in [0.2, 0.25) is 0 Å². The monoisotopic (exact) mass is 291 g/mol. The zero-order valence-electron chi connectivity index (χ0n) is 13.0. The third-order valence-corrected chi connectivity index (χ3v) is 4.41. The van der Waals surface area contributed by atoms with E-state index in [1.807, 2.05) is 12.1 Å². The molecule has 0 bridgehead atoms. The highest BCUT2D eigenvalue weighted by molar-refractivity contribution is 5.62. The molecular weight excluding hydrogens is 266 g/mol. The molecule has 1 aliphatic carbocycles. The van der Waals surface area contributed by atoms with Crippen molar-refractivity contribution in [2.24, 2.45) is 0 Å². The number of anilines is 1. The van der Waals surface area contributed by atoms with Crippen molar-refractivity contribution in [3.63, 3.8) is 0 Å². The van der Waals surface area contributed by atoms with Gasteiger partial charge in [-0.25, -0.2) is 0 Å². The van der Waals surface area contributed by atoms with Crippen LogP contribution in [0.25, 0.3) is 0 Å². The smallest absolute Gasteiger partial charge is 0.292 e. The molecule has 1 N–H and O–H groups in total. The third kappa shape index (κ3) is 3.94. The SMILES string of the molecule is CCN(Cc1ccc(NC)c([N+](=O)[O-])c1)C1CCCCC1. The number of hydrogen-bond donors (Lipinski definition) is 1. The molecule has 0 heterocycles. The molecule has 0 atom stereocenters. The average Bonchev–Trinajstić information content (AvgIpc) is 2.53. The largest absolute Gasteiger partial charge is 0.383 e. The first-order valence-corrected chi connectivity index (χ1v) is 7.84. The maximum absolute atomic E-state index is 11.1. The zero-order chi connectivity index (χ0) is 15.2. The number of nitro groups is 1. The summed E-state index contributed by atoms with van der Waals surface area (Å²) in [6.45, 7) is 3.96. The lowest BCUT2D eigenvalue weighted by atomic mass is 9.94. The molecule has 5 heteroatoms. The Morgan fingerprint density at radius 2 is 2.05 bits per heavy atom. The molecule has 1 aliphatic rings. The molecule has 0 aliphatic heterocycles. The minimum absolute atomic E-state index is 0.162. The predicted molar refractivity (Wildman–Crippen MR) is 85.6 cm³/mol. The normalized spacial score (nSPS) is 16.1. The minimum Gasteiger partial charge on any atom is -0.383 e. The number of nitrogens with one attached hydrogen (secondary N) is 1. The van der Waals surface area contributed by atoms with Crippen molar-refractivity contribution in [3.05, 3.63) is 33.9 Å². The molecule has 5 nitrogen and oxygen atoms in total. The van der Waals surface area contributed by atoms with Crippen molar-refractivity contribution in [2.45, 2.75) is 51.6 Å². The van der Waals surface area contributed by atoms with Crippen LogP contribution in [-0.2, 0) is 6.54 Å². The van der Waals surface area contributed by atoms with Crippen molar-refractivity contribution in [1.29, 1.82) is 0 Å². The van der Waals surface area contributed by atoms with Gasteiger partial charge in [0.05, 0.1) is 4.92 Å². The first-order valence-electron chi connectivity index (χ1n) is 7.84. The summed E-state index contributed by atoms with van der Waals surface area (Å²) in [5.74, 6) is 0. The summed E-state index contributed by atoms with van der Waals surface area (Å²) in [5.41, 5.74) is 1.76. The second-order valence-corrected chi connectivity index (χ2v) is 5.71. The van der Waals surface area contributed by atoms with E-state index in [0.29, 0.717) is 11.7 Å². The van der Waals surface area contributed by atoms with E-state index in [9.17, 15) is 10.1 Å². The van der Waals surface area contributed by atoms with Crippen molar-refractivity contribution >= 4 is 11.4 Å². The molecule has 1 aromatic rings. The van der Waals surface area contributed by atoms with Gasteiger partial charge in [-0.3, -0.25) is 15.0 Å². The van der Waals surface area contributed by atoms with E-state index < -0.39 is 0 Å². The lowest BCUT2D eigenvalue weighted by Crippen LogP contribution is -2.36. The summed E-state index contributed by atoms with van der Waals surface area (Å²) in [6, 6.07) is 6.14. The quantitative estimate of drug-likeness (QED) is 0.640. The Labute approximate surface area is 126 Å². The van der Waals surface area contributed by atoms with Crippen molar-refractivity contribution in [3.8, 4) is 0 Å². The van der Waals surface area contributed by atoms with Gasteiger partial charge in [0.25, 0.3) is 5.69 Å². The van der Waals surface area contributed by atoms with E-state index >= 15 is 0 Å². The van der Waals surface area contributed by atoms with Gasteiger partial charge in [0.1, 0.15) is 5.69 Å². The summed E-state index contributed by atoms with van der Waals surface area (Å²) in [4.78, 5) is 13.3. The predicted octanol–water partition coefficient (Wildman–Crippen LogP) is 3.79. The second-order valence-electron chi connectivity index (χ2n) is 5.71. The van der Waals surface area contributed by atoms with Gasteiger partial charge < -0.3 is 5.32 Å². The molecule has 21 heavy (non-hydrogen) atoms. The molecule has 0 radical (unpaired) electrons. The number of nitro benzene ring substituents is 1. The van der Waals surface area contributed by atoms with Gasteiger partial charge in [-0.2, -0.15) is 0 Å². The maximum Gasteiger partial charge on any atom is 0.292 e. The molecular formula is C16H25N3O2. The topological polar surface area (TPSA) is 58.4 Å².